The number of benzene rings is 1. The number of aryl methyl sites for hydroxylation is 1. The van der Waals surface area contributed by atoms with E-state index in [1.807, 2.05) is 6.92 Å². The number of hydrogen-bond acceptors (Lipinski definition) is 3. The fourth-order valence-corrected chi connectivity index (χ4v) is 1.80. The summed E-state index contributed by atoms with van der Waals surface area (Å²) in [5, 5.41) is 3.13. The number of nitrogens with one attached hydrogen (secondary N) is 1. The summed E-state index contributed by atoms with van der Waals surface area (Å²) in [5.41, 5.74) is 1.51. The zero-order chi connectivity index (χ0) is 13.5. The second-order valence-corrected chi connectivity index (χ2v) is 4.14. The van der Waals surface area contributed by atoms with E-state index in [4.69, 9.17) is 4.74 Å². The van der Waals surface area contributed by atoms with Gasteiger partial charge in [-0.1, -0.05) is 13.0 Å². The first-order valence-corrected chi connectivity index (χ1v) is 6.26. The molecule has 1 aromatic carbocycles. The highest BCUT2D eigenvalue weighted by molar-refractivity contribution is 5.78. The standard InChI is InChI=1S/C14H20FNO2/c1-4-8-16-13(14(17)18-5-2)12-7-6-11(15)9-10(12)3/h6-7,9,13,16H,4-5,8H2,1-3H3. The van der Waals surface area contributed by atoms with Gasteiger partial charge in [0.05, 0.1) is 6.61 Å². The van der Waals surface area contributed by atoms with Gasteiger partial charge in [0.2, 0.25) is 0 Å². The first-order valence-electron chi connectivity index (χ1n) is 6.26. The normalized spacial score (nSPS) is 12.2. The van der Waals surface area contributed by atoms with Crippen molar-refractivity contribution in [2.45, 2.75) is 33.2 Å². The molecule has 0 radical (unpaired) electrons. The third-order valence-corrected chi connectivity index (χ3v) is 2.66. The highest BCUT2D eigenvalue weighted by Gasteiger charge is 2.22. The molecule has 0 bridgehead atoms. The van der Waals surface area contributed by atoms with Crippen LogP contribution < -0.4 is 5.32 Å². The molecule has 0 aliphatic heterocycles. The summed E-state index contributed by atoms with van der Waals surface area (Å²) in [5.74, 6) is -0.616. The molecule has 0 fully saturated rings. The van der Waals surface area contributed by atoms with Crippen molar-refractivity contribution in [2.75, 3.05) is 13.2 Å². The van der Waals surface area contributed by atoms with Gasteiger partial charge in [0.1, 0.15) is 11.9 Å². The molecule has 0 amide bonds. The SMILES string of the molecule is CCCNC(C(=O)OCC)c1ccc(F)cc1C. The van der Waals surface area contributed by atoms with E-state index in [2.05, 4.69) is 5.32 Å². The molecule has 3 nitrogen and oxygen atoms in total. The van der Waals surface area contributed by atoms with E-state index in [9.17, 15) is 9.18 Å². The molecule has 18 heavy (non-hydrogen) atoms. The quantitative estimate of drug-likeness (QED) is 0.792. The Bertz CT molecular complexity index is 407. The first-order chi connectivity index (χ1) is 8.60. The van der Waals surface area contributed by atoms with Crippen LogP contribution in [-0.4, -0.2) is 19.1 Å². The van der Waals surface area contributed by atoms with Crippen LogP contribution >= 0.6 is 0 Å². The van der Waals surface area contributed by atoms with Gasteiger partial charge in [-0.05, 0) is 50.1 Å². The van der Waals surface area contributed by atoms with Gasteiger partial charge in [-0.25, -0.2) is 9.18 Å². The average Bonchev–Trinajstić information content (AvgIpc) is 2.32. The maximum absolute atomic E-state index is 13.1. The lowest BCUT2D eigenvalue weighted by Gasteiger charge is -2.19. The molecule has 0 spiro atoms. The van der Waals surface area contributed by atoms with E-state index in [1.54, 1.807) is 19.9 Å². The van der Waals surface area contributed by atoms with Crippen molar-refractivity contribution < 1.29 is 13.9 Å². The van der Waals surface area contributed by atoms with Gasteiger partial charge in [-0.2, -0.15) is 0 Å². The minimum absolute atomic E-state index is 0.297. The Morgan fingerprint density at radius 1 is 1.44 bits per heavy atom. The minimum Gasteiger partial charge on any atom is -0.465 e. The third-order valence-electron chi connectivity index (χ3n) is 2.66. The maximum atomic E-state index is 13.1. The van der Waals surface area contributed by atoms with E-state index in [0.717, 1.165) is 17.5 Å². The number of esters is 1. The predicted octanol–water partition coefficient (Wildman–Crippen LogP) is 2.74. The largest absolute Gasteiger partial charge is 0.465 e. The van der Waals surface area contributed by atoms with Crippen molar-refractivity contribution in [3.8, 4) is 0 Å². The topological polar surface area (TPSA) is 38.3 Å². The Kier molecular flexibility index (Phi) is 5.78. The number of rotatable bonds is 6. The fraction of sp³-hybridized carbons (Fsp3) is 0.500. The zero-order valence-electron chi connectivity index (χ0n) is 11.1. The van der Waals surface area contributed by atoms with Gasteiger partial charge < -0.3 is 10.1 Å². The molecule has 0 saturated heterocycles. The molecule has 4 heteroatoms. The van der Waals surface area contributed by atoms with E-state index < -0.39 is 6.04 Å². The molecule has 1 atom stereocenters. The lowest BCUT2D eigenvalue weighted by molar-refractivity contribution is -0.145. The van der Waals surface area contributed by atoms with Crippen LogP contribution in [-0.2, 0) is 9.53 Å². The molecule has 0 aliphatic rings. The molecular formula is C14H20FNO2. The van der Waals surface area contributed by atoms with Crippen molar-refractivity contribution in [1.29, 1.82) is 0 Å². The summed E-state index contributed by atoms with van der Waals surface area (Å²) in [6.07, 6.45) is 0.913. The van der Waals surface area contributed by atoms with Crippen molar-refractivity contribution >= 4 is 5.97 Å². The summed E-state index contributed by atoms with van der Waals surface area (Å²) in [6, 6.07) is 3.90. The molecule has 0 aliphatic carbocycles. The Morgan fingerprint density at radius 2 is 2.17 bits per heavy atom. The number of halogens is 1. The summed E-state index contributed by atoms with van der Waals surface area (Å²) in [6.45, 7) is 6.63. The van der Waals surface area contributed by atoms with Crippen molar-refractivity contribution in [2.24, 2.45) is 0 Å². The zero-order valence-corrected chi connectivity index (χ0v) is 11.1. The average molecular weight is 253 g/mol. The third kappa shape index (κ3) is 3.81. The van der Waals surface area contributed by atoms with Crippen LogP contribution in [0.3, 0.4) is 0 Å². The molecule has 0 aromatic heterocycles. The molecule has 0 saturated carbocycles. The van der Waals surface area contributed by atoms with Crippen LogP contribution in [0.15, 0.2) is 18.2 Å². The van der Waals surface area contributed by atoms with E-state index in [1.165, 1.54) is 12.1 Å². The minimum atomic E-state index is -0.523. The lowest BCUT2D eigenvalue weighted by Crippen LogP contribution is -2.31. The summed E-state index contributed by atoms with van der Waals surface area (Å²) < 4.78 is 18.1. The van der Waals surface area contributed by atoms with Crippen LogP contribution in [0, 0.1) is 12.7 Å². The Hall–Kier alpha value is -1.42. The van der Waals surface area contributed by atoms with Crippen molar-refractivity contribution in [1.82, 2.24) is 5.32 Å². The van der Waals surface area contributed by atoms with Crippen LogP contribution in [0.1, 0.15) is 37.4 Å². The van der Waals surface area contributed by atoms with Gasteiger partial charge in [-0.3, -0.25) is 0 Å². The first kappa shape index (κ1) is 14.6. The van der Waals surface area contributed by atoms with Gasteiger partial charge in [-0.15, -0.1) is 0 Å². The predicted molar refractivity (Wildman–Crippen MR) is 68.8 cm³/mol. The Morgan fingerprint density at radius 3 is 2.72 bits per heavy atom. The highest BCUT2D eigenvalue weighted by atomic mass is 19.1. The molecular weight excluding hydrogens is 233 g/mol. The Balaban J connectivity index is 2.97. The van der Waals surface area contributed by atoms with Gasteiger partial charge in [0.25, 0.3) is 0 Å². The lowest BCUT2D eigenvalue weighted by atomic mass is 10.0. The summed E-state index contributed by atoms with van der Waals surface area (Å²) in [7, 11) is 0. The summed E-state index contributed by atoms with van der Waals surface area (Å²) >= 11 is 0. The van der Waals surface area contributed by atoms with Crippen molar-refractivity contribution in [3.05, 3.63) is 35.1 Å². The monoisotopic (exact) mass is 253 g/mol. The van der Waals surface area contributed by atoms with Gasteiger partial charge >= 0.3 is 5.97 Å². The number of carbonyl (C=O) groups is 1. The molecule has 100 valence electrons. The second-order valence-electron chi connectivity index (χ2n) is 4.14. The van der Waals surface area contributed by atoms with E-state index in [0.29, 0.717) is 13.2 Å². The molecule has 0 heterocycles. The van der Waals surface area contributed by atoms with E-state index in [-0.39, 0.29) is 11.8 Å². The maximum Gasteiger partial charge on any atom is 0.327 e. The summed E-state index contributed by atoms with van der Waals surface area (Å²) in [4.78, 5) is 11.9. The molecule has 1 rings (SSSR count). The van der Waals surface area contributed by atoms with Crippen LogP contribution in [0.2, 0.25) is 0 Å². The number of hydrogen-bond donors (Lipinski definition) is 1. The fourth-order valence-electron chi connectivity index (χ4n) is 1.80. The second kappa shape index (κ2) is 7.11. The van der Waals surface area contributed by atoms with Crippen LogP contribution in [0.25, 0.3) is 0 Å². The van der Waals surface area contributed by atoms with Gasteiger partial charge in [0.15, 0.2) is 0 Å². The molecule has 1 N–H and O–H groups in total. The molecule has 1 aromatic rings. The smallest absolute Gasteiger partial charge is 0.327 e. The highest BCUT2D eigenvalue weighted by Crippen LogP contribution is 2.20. The van der Waals surface area contributed by atoms with Crippen LogP contribution in [0.5, 0.6) is 0 Å². The number of ether oxygens (including phenoxy) is 1. The molecule has 1 unspecified atom stereocenters. The van der Waals surface area contributed by atoms with Gasteiger partial charge in [0, 0.05) is 0 Å². The van der Waals surface area contributed by atoms with Crippen molar-refractivity contribution in [3.63, 3.8) is 0 Å². The van der Waals surface area contributed by atoms with E-state index >= 15 is 0 Å². The Labute approximate surface area is 107 Å². The van der Waals surface area contributed by atoms with Crippen LogP contribution in [0.4, 0.5) is 4.39 Å². The number of carbonyl (C=O) groups excluding carboxylic acids is 1.